The van der Waals surface area contributed by atoms with Crippen LogP contribution in [-0.4, -0.2) is 32.4 Å². The highest BCUT2D eigenvalue weighted by atomic mass is 16.5. The minimum absolute atomic E-state index is 0.111. The van der Waals surface area contributed by atoms with E-state index in [4.69, 9.17) is 24.1 Å². The van der Waals surface area contributed by atoms with Crippen LogP contribution in [0.2, 0.25) is 0 Å². The molecule has 0 unspecified atom stereocenters. The van der Waals surface area contributed by atoms with Gasteiger partial charge in [0.05, 0.1) is 21.3 Å². The number of ether oxygens (including phenoxy) is 4. The zero-order chi connectivity index (χ0) is 16.8. The fraction of sp³-hybridized carbons (Fsp3) is 0.235. The molecule has 0 aliphatic carbocycles. The third-order valence-electron chi connectivity index (χ3n) is 3.24. The molecule has 2 aromatic rings. The van der Waals surface area contributed by atoms with Gasteiger partial charge in [-0.3, -0.25) is 0 Å². The minimum Gasteiger partial charge on any atom is -0.493 e. The average molecular weight is 318 g/mol. The van der Waals surface area contributed by atoms with Crippen molar-refractivity contribution in [2.45, 2.75) is 6.61 Å². The molecule has 0 spiro atoms. The summed E-state index contributed by atoms with van der Waals surface area (Å²) in [7, 11) is 4.59. The first-order valence-corrected chi connectivity index (χ1v) is 6.84. The summed E-state index contributed by atoms with van der Waals surface area (Å²) in [5, 5.41) is 9.16. The highest BCUT2D eigenvalue weighted by Crippen LogP contribution is 2.38. The SMILES string of the molecule is COc1cc(COc2ccccc2C(=O)O)cc(OC)c1OC. The van der Waals surface area contributed by atoms with Gasteiger partial charge in [0.1, 0.15) is 17.9 Å². The Balaban J connectivity index is 2.26. The average Bonchev–Trinajstić information content (AvgIpc) is 2.58. The number of carboxylic acid groups (broad SMARTS) is 1. The Hall–Kier alpha value is -2.89. The maximum Gasteiger partial charge on any atom is 0.339 e. The Morgan fingerprint density at radius 2 is 1.57 bits per heavy atom. The van der Waals surface area contributed by atoms with Crippen molar-refractivity contribution in [2.24, 2.45) is 0 Å². The van der Waals surface area contributed by atoms with Gasteiger partial charge >= 0.3 is 5.97 Å². The molecule has 1 N–H and O–H groups in total. The van der Waals surface area contributed by atoms with Crippen molar-refractivity contribution in [1.82, 2.24) is 0 Å². The highest BCUT2D eigenvalue weighted by molar-refractivity contribution is 5.90. The summed E-state index contributed by atoms with van der Waals surface area (Å²) in [6, 6.07) is 9.98. The zero-order valence-electron chi connectivity index (χ0n) is 13.2. The molecule has 0 amide bonds. The van der Waals surface area contributed by atoms with Crippen molar-refractivity contribution >= 4 is 5.97 Å². The first-order valence-electron chi connectivity index (χ1n) is 6.84. The summed E-state index contributed by atoms with van der Waals surface area (Å²) in [6.45, 7) is 0.168. The number of hydrogen-bond acceptors (Lipinski definition) is 5. The predicted octanol–water partition coefficient (Wildman–Crippen LogP) is 2.99. The molecule has 0 saturated heterocycles. The van der Waals surface area contributed by atoms with E-state index >= 15 is 0 Å². The number of para-hydroxylation sites is 1. The van der Waals surface area contributed by atoms with Crippen molar-refractivity contribution in [3.05, 3.63) is 47.5 Å². The molecule has 0 aliphatic rings. The molecular weight excluding hydrogens is 300 g/mol. The van der Waals surface area contributed by atoms with E-state index in [2.05, 4.69) is 0 Å². The molecule has 2 aromatic carbocycles. The second-order valence-electron chi connectivity index (χ2n) is 4.62. The van der Waals surface area contributed by atoms with Crippen LogP contribution >= 0.6 is 0 Å². The van der Waals surface area contributed by atoms with Crippen LogP contribution in [-0.2, 0) is 6.61 Å². The molecule has 0 heterocycles. The van der Waals surface area contributed by atoms with Crippen molar-refractivity contribution in [3.63, 3.8) is 0 Å². The van der Waals surface area contributed by atoms with E-state index in [0.29, 0.717) is 23.0 Å². The Morgan fingerprint density at radius 1 is 0.957 bits per heavy atom. The Labute approximate surface area is 134 Å². The maximum absolute atomic E-state index is 11.2. The van der Waals surface area contributed by atoms with Crippen molar-refractivity contribution in [2.75, 3.05) is 21.3 Å². The van der Waals surface area contributed by atoms with E-state index in [9.17, 15) is 4.79 Å². The molecule has 0 aromatic heterocycles. The van der Waals surface area contributed by atoms with Gasteiger partial charge in [-0.25, -0.2) is 4.79 Å². The van der Waals surface area contributed by atoms with Crippen LogP contribution in [0.1, 0.15) is 15.9 Å². The highest BCUT2D eigenvalue weighted by Gasteiger charge is 2.15. The minimum atomic E-state index is -1.04. The normalized spacial score (nSPS) is 10.0. The topological polar surface area (TPSA) is 74.2 Å². The number of carboxylic acids is 1. The van der Waals surface area contributed by atoms with Gasteiger partial charge in [0.25, 0.3) is 0 Å². The van der Waals surface area contributed by atoms with Crippen LogP contribution in [0.3, 0.4) is 0 Å². The van der Waals surface area contributed by atoms with Gasteiger partial charge in [-0.05, 0) is 29.8 Å². The zero-order valence-corrected chi connectivity index (χ0v) is 13.2. The van der Waals surface area contributed by atoms with Crippen LogP contribution < -0.4 is 18.9 Å². The predicted molar refractivity (Wildman–Crippen MR) is 83.8 cm³/mol. The molecule has 0 saturated carbocycles. The molecule has 0 atom stereocenters. The fourth-order valence-electron chi connectivity index (χ4n) is 2.15. The lowest BCUT2D eigenvalue weighted by molar-refractivity contribution is 0.0691. The van der Waals surface area contributed by atoms with Crippen molar-refractivity contribution in [1.29, 1.82) is 0 Å². The summed E-state index contributed by atoms with van der Waals surface area (Å²) in [5.41, 5.74) is 0.875. The lowest BCUT2D eigenvalue weighted by atomic mass is 10.2. The van der Waals surface area contributed by atoms with Gasteiger partial charge < -0.3 is 24.1 Å². The fourth-order valence-corrected chi connectivity index (χ4v) is 2.15. The number of rotatable bonds is 7. The quantitative estimate of drug-likeness (QED) is 0.846. The monoisotopic (exact) mass is 318 g/mol. The van der Waals surface area contributed by atoms with Crippen LogP contribution in [0.25, 0.3) is 0 Å². The first kappa shape index (κ1) is 16.5. The summed E-state index contributed by atoms with van der Waals surface area (Å²) < 4.78 is 21.4. The molecule has 0 aliphatic heterocycles. The largest absolute Gasteiger partial charge is 0.493 e. The van der Waals surface area contributed by atoms with Gasteiger partial charge in [0, 0.05) is 0 Å². The third kappa shape index (κ3) is 3.66. The smallest absolute Gasteiger partial charge is 0.339 e. The number of benzene rings is 2. The molecule has 0 radical (unpaired) electrons. The van der Waals surface area contributed by atoms with Gasteiger partial charge in [-0.1, -0.05) is 12.1 Å². The molecule has 0 bridgehead atoms. The van der Waals surface area contributed by atoms with Crippen LogP contribution in [0, 0.1) is 0 Å². The van der Waals surface area contributed by atoms with Crippen molar-refractivity contribution < 1.29 is 28.8 Å². The maximum atomic E-state index is 11.2. The van der Waals surface area contributed by atoms with Crippen molar-refractivity contribution in [3.8, 4) is 23.0 Å². The second-order valence-corrected chi connectivity index (χ2v) is 4.62. The molecule has 2 rings (SSSR count). The Morgan fingerprint density at radius 3 is 2.09 bits per heavy atom. The standard InChI is InChI=1S/C17H18O6/c1-20-14-8-11(9-15(21-2)16(14)22-3)10-23-13-7-5-4-6-12(13)17(18)19/h4-9H,10H2,1-3H3,(H,18,19). The second kappa shape index (κ2) is 7.40. The Kier molecular flexibility index (Phi) is 5.30. The lowest BCUT2D eigenvalue weighted by Crippen LogP contribution is -2.04. The van der Waals surface area contributed by atoms with Gasteiger partial charge in [0.2, 0.25) is 5.75 Å². The third-order valence-corrected chi connectivity index (χ3v) is 3.24. The number of hydrogen-bond donors (Lipinski definition) is 1. The van der Waals surface area contributed by atoms with Crippen LogP contribution in [0.4, 0.5) is 0 Å². The molecule has 6 heteroatoms. The van der Waals surface area contributed by atoms with E-state index in [1.165, 1.54) is 27.4 Å². The van der Waals surface area contributed by atoms with Crippen LogP contribution in [0.5, 0.6) is 23.0 Å². The van der Waals surface area contributed by atoms with Gasteiger partial charge in [0.15, 0.2) is 11.5 Å². The first-order chi connectivity index (χ1) is 11.1. The summed E-state index contributed by atoms with van der Waals surface area (Å²) in [6.07, 6.45) is 0. The molecule has 23 heavy (non-hydrogen) atoms. The molecule has 122 valence electrons. The molecule has 0 fully saturated rings. The number of methoxy groups -OCH3 is 3. The number of carbonyl (C=O) groups is 1. The van der Waals surface area contributed by atoms with E-state index in [1.54, 1.807) is 30.3 Å². The summed E-state index contributed by atoms with van der Waals surface area (Å²) in [5.74, 6) is 0.776. The Bertz CT molecular complexity index is 670. The number of aromatic carboxylic acids is 1. The summed E-state index contributed by atoms with van der Waals surface area (Å²) in [4.78, 5) is 11.2. The van der Waals surface area contributed by atoms with Gasteiger partial charge in [-0.2, -0.15) is 0 Å². The summed E-state index contributed by atoms with van der Waals surface area (Å²) >= 11 is 0. The molecular formula is C17H18O6. The van der Waals surface area contributed by atoms with E-state index in [-0.39, 0.29) is 12.2 Å². The van der Waals surface area contributed by atoms with E-state index in [1.807, 2.05) is 0 Å². The van der Waals surface area contributed by atoms with E-state index < -0.39 is 5.97 Å². The van der Waals surface area contributed by atoms with Gasteiger partial charge in [-0.15, -0.1) is 0 Å². The molecule has 6 nitrogen and oxygen atoms in total. The van der Waals surface area contributed by atoms with Crippen LogP contribution in [0.15, 0.2) is 36.4 Å². The lowest BCUT2D eigenvalue weighted by Gasteiger charge is -2.15. The van der Waals surface area contributed by atoms with E-state index in [0.717, 1.165) is 5.56 Å².